The molecule has 5 rings (SSSR count). The summed E-state index contributed by atoms with van der Waals surface area (Å²) in [4.78, 5) is 21.8. The molecule has 0 unspecified atom stereocenters. The van der Waals surface area contributed by atoms with Gasteiger partial charge < -0.3 is 14.6 Å². The van der Waals surface area contributed by atoms with Crippen LogP contribution in [-0.2, 0) is 16.0 Å². The van der Waals surface area contributed by atoms with Crippen LogP contribution in [0.3, 0.4) is 0 Å². The van der Waals surface area contributed by atoms with E-state index in [1.54, 1.807) is 60.7 Å². The number of nitrogens with one attached hydrogen (secondary N) is 2. The highest BCUT2D eigenvalue weighted by Crippen LogP contribution is 2.44. The maximum atomic E-state index is 14.1. The second-order valence-electron chi connectivity index (χ2n) is 10.7. The van der Waals surface area contributed by atoms with E-state index in [2.05, 4.69) is 15.5 Å². The van der Waals surface area contributed by atoms with E-state index < -0.39 is 30.3 Å². The first-order valence-corrected chi connectivity index (χ1v) is 14.7. The minimum absolute atomic E-state index is 0.0127. The van der Waals surface area contributed by atoms with E-state index in [9.17, 15) is 23.5 Å². The summed E-state index contributed by atoms with van der Waals surface area (Å²) in [7, 11) is 0. The Labute approximate surface area is 268 Å². The second-order valence-corrected chi connectivity index (χ2v) is 10.7. The van der Waals surface area contributed by atoms with Crippen molar-refractivity contribution in [3.8, 4) is 16.9 Å². The van der Waals surface area contributed by atoms with Crippen LogP contribution in [0.4, 0.5) is 18.9 Å². The average molecular weight is 645 g/mol. The minimum atomic E-state index is -4.59. The van der Waals surface area contributed by atoms with Gasteiger partial charge in [0.15, 0.2) is 11.6 Å². The number of aliphatic hydroxyl groups excluding tert-OH is 1. The Morgan fingerprint density at radius 2 is 1.62 bits per heavy atom. The first kappa shape index (κ1) is 33.0. The van der Waals surface area contributed by atoms with E-state index in [0.717, 1.165) is 11.1 Å². The number of hydrogen-bond donors (Lipinski definition) is 3. The fourth-order valence-corrected chi connectivity index (χ4v) is 5.19. The summed E-state index contributed by atoms with van der Waals surface area (Å²) in [6.07, 6.45) is -5.42. The predicted molar refractivity (Wildman–Crippen MR) is 170 cm³/mol. The van der Waals surface area contributed by atoms with E-state index in [0.29, 0.717) is 35.5 Å². The summed E-state index contributed by atoms with van der Waals surface area (Å²) in [5, 5.41) is 12.8. The van der Waals surface area contributed by atoms with Crippen molar-refractivity contribution in [1.29, 1.82) is 0 Å². The van der Waals surface area contributed by atoms with Crippen LogP contribution in [0, 0.1) is 0 Å². The fourth-order valence-electron chi connectivity index (χ4n) is 5.19. The van der Waals surface area contributed by atoms with Gasteiger partial charge in [-0.3, -0.25) is 10.2 Å². The van der Waals surface area contributed by atoms with Gasteiger partial charge in [0.25, 0.3) is 5.91 Å². The molecule has 2 atom stereocenters. The number of aliphatic imine (C=N–C) groups is 1. The van der Waals surface area contributed by atoms with Crippen LogP contribution < -0.4 is 15.6 Å². The van der Waals surface area contributed by atoms with Gasteiger partial charge in [-0.25, -0.2) is 10.4 Å². The van der Waals surface area contributed by atoms with Gasteiger partial charge in [0.05, 0.1) is 6.61 Å². The Kier molecular flexibility index (Phi) is 10.4. The van der Waals surface area contributed by atoms with E-state index in [1.165, 1.54) is 0 Å². The number of nitrogens with zero attached hydrogens (tertiary/aromatic N) is 4. The van der Waals surface area contributed by atoms with Crippen LogP contribution in [0.5, 0.6) is 5.75 Å². The number of carbonyl (C=O) groups is 1. The zero-order valence-electron chi connectivity index (χ0n) is 25.0. The van der Waals surface area contributed by atoms with Crippen molar-refractivity contribution >= 4 is 17.5 Å². The lowest BCUT2D eigenvalue weighted by atomic mass is 9.81. The summed E-state index contributed by atoms with van der Waals surface area (Å²) < 4.78 is 51.2. The highest BCUT2D eigenvalue weighted by Gasteiger charge is 2.53. The van der Waals surface area contributed by atoms with Crippen LogP contribution in [0.15, 0.2) is 113 Å². The van der Waals surface area contributed by atoms with E-state index >= 15 is 0 Å². The molecule has 0 spiro atoms. The molecule has 1 aliphatic heterocycles. The summed E-state index contributed by atoms with van der Waals surface area (Å²) >= 11 is 0. The van der Waals surface area contributed by atoms with Crippen LogP contribution in [0.1, 0.15) is 29.2 Å². The first-order chi connectivity index (χ1) is 22.7. The number of hydrazine groups is 1. The van der Waals surface area contributed by atoms with Gasteiger partial charge in [-0.2, -0.15) is 13.2 Å². The molecule has 0 saturated heterocycles. The molecule has 1 aliphatic rings. The molecule has 0 bridgehead atoms. The lowest BCUT2D eigenvalue weighted by molar-refractivity contribution is -0.136. The average Bonchev–Trinajstić information content (AvgIpc) is 3.46. The number of alkyl halides is 3. The summed E-state index contributed by atoms with van der Waals surface area (Å²) in [5.74, 6) is -0.262. The normalized spacial score (nSPS) is 17.3. The molecule has 0 fully saturated rings. The molecule has 0 aliphatic carbocycles. The van der Waals surface area contributed by atoms with Crippen LogP contribution >= 0.6 is 0 Å². The quantitative estimate of drug-likeness (QED) is 0.0486. The highest BCUT2D eigenvalue weighted by molar-refractivity contribution is 6.01. The molecular weight excluding hydrogens is 613 g/mol. The predicted octanol–water partition coefficient (Wildman–Crippen LogP) is 6.74. The third kappa shape index (κ3) is 8.08. The van der Waals surface area contributed by atoms with Crippen molar-refractivity contribution < 1.29 is 32.5 Å². The molecule has 0 saturated carbocycles. The van der Waals surface area contributed by atoms with Crippen LogP contribution in [0.2, 0.25) is 0 Å². The summed E-state index contributed by atoms with van der Waals surface area (Å²) in [6.45, 7) is -1.18. The Morgan fingerprint density at radius 3 is 2.30 bits per heavy atom. The zero-order valence-corrected chi connectivity index (χ0v) is 25.0. The maximum Gasteiger partial charge on any atom is 0.402 e. The summed E-state index contributed by atoms with van der Waals surface area (Å²) in [5.41, 5.74) is 15.1. The van der Waals surface area contributed by atoms with E-state index in [1.807, 2.05) is 47.9 Å². The van der Waals surface area contributed by atoms with Gasteiger partial charge in [-0.1, -0.05) is 84.0 Å². The number of hydrogen-bond acceptors (Lipinski definition) is 7. The molecule has 1 heterocycles. The second kappa shape index (κ2) is 14.8. The van der Waals surface area contributed by atoms with Crippen molar-refractivity contribution in [1.82, 2.24) is 10.9 Å². The number of aliphatic hydroxyl groups is 1. The number of halogens is 3. The zero-order chi connectivity index (χ0) is 33.3. The number of rotatable bonds is 13. The number of azide groups is 1. The highest BCUT2D eigenvalue weighted by atomic mass is 19.4. The molecule has 4 aromatic rings. The van der Waals surface area contributed by atoms with Gasteiger partial charge in [0.1, 0.15) is 12.3 Å². The Hall–Kier alpha value is -5.36. The topological polar surface area (TPSA) is 141 Å². The summed E-state index contributed by atoms with van der Waals surface area (Å²) in [6, 6.07) is 30.3. The number of amides is 1. The Balaban J connectivity index is 1.59. The maximum absolute atomic E-state index is 14.1. The van der Waals surface area contributed by atoms with Crippen molar-refractivity contribution in [3.63, 3.8) is 0 Å². The van der Waals surface area contributed by atoms with Crippen LogP contribution in [0.25, 0.3) is 21.6 Å². The molecule has 0 aromatic heterocycles. The molecule has 0 radical (unpaired) electrons. The molecule has 1 amide bonds. The van der Waals surface area contributed by atoms with E-state index in [-0.39, 0.29) is 24.6 Å². The Bertz CT molecular complexity index is 1740. The molecular formula is C34H31F3N6O4. The monoisotopic (exact) mass is 644 g/mol. The number of ether oxygens (including phenoxy) is 2. The first-order valence-electron chi connectivity index (χ1n) is 14.7. The SMILES string of the molecule is [N-]=[N+]=Nc1ccccc1C[C@]1(C(=O)NNCC(F)(F)F)N=C(c2ccc(OCCCO)cc2)O[C@H]1c1ccc(-c2ccccc2)cc1. The van der Waals surface area contributed by atoms with Gasteiger partial charge in [0, 0.05) is 35.6 Å². The van der Waals surface area contributed by atoms with Crippen molar-refractivity contribution in [2.75, 3.05) is 19.8 Å². The molecule has 10 nitrogen and oxygen atoms in total. The van der Waals surface area contributed by atoms with E-state index in [4.69, 9.17) is 19.6 Å². The molecule has 47 heavy (non-hydrogen) atoms. The molecule has 242 valence electrons. The van der Waals surface area contributed by atoms with Crippen molar-refractivity contribution in [2.45, 2.75) is 30.7 Å². The third-order valence-electron chi connectivity index (χ3n) is 7.45. The smallest absolute Gasteiger partial charge is 0.402 e. The van der Waals surface area contributed by atoms with Crippen LogP contribution in [-0.4, -0.2) is 48.4 Å². The number of carbonyl (C=O) groups excluding carboxylic acids is 1. The number of benzene rings is 4. The standard InChI is InChI=1S/C34H31F3N6O4/c35-34(36,37)22-39-42-32(45)33(21-27-9-4-5-10-29(27)41-43-38)30(25-13-11-24(12-14-25)23-7-2-1-3-8-23)47-31(40-33)26-15-17-28(18-16-26)46-20-6-19-44/h1-5,7-18,30,39,44H,6,19-22H2,(H,42,45)/t30-,33-/m0/s1. The van der Waals surface area contributed by atoms with Crippen molar-refractivity contribution in [3.05, 3.63) is 130 Å². The van der Waals surface area contributed by atoms with Gasteiger partial charge in [-0.15, -0.1) is 0 Å². The van der Waals surface area contributed by atoms with Crippen molar-refractivity contribution in [2.24, 2.45) is 10.1 Å². The lowest BCUT2D eigenvalue weighted by Crippen LogP contribution is -2.55. The van der Waals surface area contributed by atoms with Gasteiger partial charge in [0.2, 0.25) is 5.90 Å². The molecule has 13 heteroatoms. The minimum Gasteiger partial charge on any atom is -0.494 e. The van der Waals surface area contributed by atoms with Gasteiger partial charge in [-0.05, 0) is 52.1 Å². The largest absolute Gasteiger partial charge is 0.494 e. The Morgan fingerprint density at radius 1 is 0.957 bits per heavy atom. The fraction of sp³-hybridized carbons (Fsp3) is 0.235. The van der Waals surface area contributed by atoms with Gasteiger partial charge >= 0.3 is 6.18 Å². The molecule has 4 aromatic carbocycles. The lowest BCUT2D eigenvalue weighted by Gasteiger charge is -2.31. The molecule has 3 N–H and O–H groups in total. The third-order valence-corrected chi connectivity index (χ3v) is 7.45.